The molecule has 4 bridgehead atoms. The topological polar surface area (TPSA) is 59.7 Å². The molecule has 5 fully saturated rings. The van der Waals surface area contributed by atoms with E-state index in [9.17, 15) is 9.90 Å². The van der Waals surface area contributed by atoms with Crippen molar-refractivity contribution in [2.24, 2.45) is 29.1 Å². The van der Waals surface area contributed by atoms with Crippen LogP contribution in [0.3, 0.4) is 0 Å². The Morgan fingerprint density at radius 1 is 1.26 bits per heavy atom. The number of hydrogen-bond acceptors (Lipinski definition) is 4. The lowest BCUT2D eigenvalue weighted by molar-refractivity contribution is -0.0898. The van der Waals surface area contributed by atoms with Crippen LogP contribution in [0.2, 0.25) is 5.02 Å². The number of phenols is 1. The first-order valence-corrected chi connectivity index (χ1v) is 10.1. The third kappa shape index (κ3) is 1.92. The molecule has 1 spiro atoms. The van der Waals surface area contributed by atoms with Crippen molar-refractivity contribution in [3.8, 4) is 5.75 Å². The third-order valence-electron chi connectivity index (χ3n) is 7.87. The Balaban J connectivity index is 1.63. The second kappa shape index (κ2) is 5.11. The standard InChI is InChI=1S/C22H21ClO4/c1-26-21(18-11-4-10-7-22(8-11)9-12(18)5-14(10)22)19-13-2-3-17(25)27-16(13)6-15(24)20(19)23/h2-3,6,10-12,14,24H,4-5,7-9H2,1H3/b21-18+. The maximum atomic E-state index is 11.7. The molecule has 1 N–H and O–H groups in total. The van der Waals surface area contributed by atoms with E-state index in [4.69, 9.17) is 20.8 Å². The quantitative estimate of drug-likeness (QED) is 0.587. The Morgan fingerprint density at radius 2 is 2.04 bits per heavy atom. The van der Waals surface area contributed by atoms with Gasteiger partial charge in [-0.2, -0.15) is 0 Å². The molecule has 5 atom stereocenters. The number of phenolic OH excluding ortho intramolecular Hbond substituents is 1. The van der Waals surface area contributed by atoms with Crippen molar-refractivity contribution in [1.82, 2.24) is 0 Å². The summed E-state index contributed by atoms with van der Waals surface area (Å²) in [6, 6.07) is 4.52. The predicted octanol–water partition coefficient (Wildman–Crippen LogP) is 4.97. The van der Waals surface area contributed by atoms with E-state index in [1.54, 1.807) is 13.2 Å². The summed E-state index contributed by atoms with van der Waals surface area (Å²) >= 11 is 6.56. The fourth-order valence-electron chi connectivity index (χ4n) is 7.16. The van der Waals surface area contributed by atoms with Gasteiger partial charge >= 0.3 is 5.63 Å². The summed E-state index contributed by atoms with van der Waals surface area (Å²) in [5, 5.41) is 11.3. The van der Waals surface area contributed by atoms with Crippen molar-refractivity contribution in [3.05, 3.63) is 44.8 Å². The zero-order chi connectivity index (χ0) is 18.5. The van der Waals surface area contributed by atoms with Crippen LogP contribution in [0, 0.1) is 29.1 Å². The number of hydrogen-bond donors (Lipinski definition) is 1. The first-order chi connectivity index (χ1) is 13.0. The summed E-state index contributed by atoms with van der Waals surface area (Å²) in [5.74, 6) is 3.54. The SMILES string of the molecule is CO/C(=C1\C2CC3CC4(C2)CC1CC34)c1c(Cl)c(O)cc2oc(=O)ccc12. The Kier molecular flexibility index (Phi) is 3.04. The van der Waals surface area contributed by atoms with E-state index in [0.29, 0.717) is 33.8 Å². The van der Waals surface area contributed by atoms with E-state index in [2.05, 4.69) is 0 Å². The van der Waals surface area contributed by atoms with E-state index in [-0.39, 0.29) is 10.8 Å². The summed E-state index contributed by atoms with van der Waals surface area (Å²) in [4.78, 5) is 11.7. The molecule has 0 saturated heterocycles. The maximum Gasteiger partial charge on any atom is 0.336 e. The molecule has 0 aliphatic heterocycles. The molecule has 0 radical (unpaired) electrons. The van der Waals surface area contributed by atoms with E-state index >= 15 is 0 Å². The fourth-order valence-corrected chi connectivity index (χ4v) is 7.40. The van der Waals surface area contributed by atoms with Gasteiger partial charge in [-0.3, -0.25) is 0 Å². The number of aromatic hydroxyl groups is 1. The average molecular weight is 385 g/mol. The van der Waals surface area contributed by atoms with Crippen LogP contribution in [0.25, 0.3) is 16.7 Å². The highest BCUT2D eigenvalue weighted by Crippen LogP contribution is 2.76. The van der Waals surface area contributed by atoms with Gasteiger partial charge in [-0.05, 0) is 72.8 Å². The van der Waals surface area contributed by atoms with Gasteiger partial charge in [0, 0.05) is 23.1 Å². The molecule has 4 nitrogen and oxygen atoms in total. The zero-order valence-electron chi connectivity index (χ0n) is 15.1. The highest BCUT2D eigenvalue weighted by atomic mass is 35.5. The van der Waals surface area contributed by atoms with Crippen LogP contribution >= 0.6 is 11.6 Å². The fraction of sp³-hybridized carbons (Fsp3) is 0.500. The van der Waals surface area contributed by atoms with Gasteiger partial charge < -0.3 is 14.3 Å². The van der Waals surface area contributed by atoms with Crippen molar-refractivity contribution in [3.63, 3.8) is 0 Å². The first kappa shape index (κ1) is 16.1. The molecule has 27 heavy (non-hydrogen) atoms. The monoisotopic (exact) mass is 384 g/mol. The summed E-state index contributed by atoms with van der Waals surface area (Å²) in [6.45, 7) is 0. The second-order valence-corrected chi connectivity index (χ2v) is 9.32. The van der Waals surface area contributed by atoms with Crippen molar-refractivity contribution in [2.75, 3.05) is 7.11 Å². The van der Waals surface area contributed by atoms with Gasteiger partial charge in [-0.25, -0.2) is 4.79 Å². The zero-order valence-corrected chi connectivity index (χ0v) is 15.9. The summed E-state index contributed by atoms with van der Waals surface area (Å²) in [6.07, 6.45) is 6.44. The van der Waals surface area contributed by atoms with Gasteiger partial charge in [-0.1, -0.05) is 11.6 Å². The van der Waals surface area contributed by atoms with Gasteiger partial charge in [0.15, 0.2) is 0 Å². The van der Waals surface area contributed by atoms with E-state index < -0.39 is 5.63 Å². The maximum absolute atomic E-state index is 11.7. The van der Waals surface area contributed by atoms with Crippen LogP contribution in [-0.2, 0) is 4.74 Å². The Bertz CT molecular complexity index is 1080. The largest absolute Gasteiger partial charge is 0.506 e. The van der Waals surface area contributed by atoms with Crippen LogP contribution in [0.5, 0.6) is 5.75 Å². The molecule has 7 rings (SSSR count). The lowest BCUT2D eigenvalue weighted by atomic mass is 9.44. The van der Waals surface area contributed by atoms with Crippen LogP contribution in [0.1, 0.15) is 37.7 Å². The second-order valence-electron chi connectivity index (χ2n) is 8.95. The molecule has 1 heterocycles. The first-order valence-electron chi connectivity index (χ1n) is 9.74. The Hall–Kier alpha value is -1.94. The molecule has 1 aromatic heterocycles. The third-order valence-corrected chi connectivity index (χ3v) is 8.26. The van der Waals surface area contributed by atoms with Crippen molar-refractivity contribution < 1.29 is 14.3 Å². The van der Waals surface area contributed by atoms with E-state index in [0.717, 1.165) is 17.6 Å². The van der Waals surface area contributed by atoms with Crippen LogP contribution in [0.4, 0.5) is 0 Å². The number of allylic oxidation sites excluding steroid dienone is 1. The van der Waals surface area contributed by atoms with E-state index in [1.807, 2.05) is 0 Å². The van der Waals surface area contributed by atoms with Gasteiger partial charge in [0.05, 0.1) is 12.1 Å². The molecule has 0 amide bonds. The van der Waals surface area contributed by atoms with Gasteiger partial charge in [0.2, 0.25) is 0 Å². The smallest absolute Gasteiger partial charge is 0.336 e. The van der Waals surface area contributed by atoms with Crippen molar-refractivity contribution in [2.45, 2.75) is 32.1 Å². The van der Waals surface area contributed by atoms with Crippen molar-refractivity contribution in [1.29, 1.82) is 0 Å². The van der Waals surface area contributed by atoms with Crippen molar-refractivity contribution >= 4 is 28.3 Å². The molecule has 140 valence electrons. The van der Waals surface area contributed by atoms with E-state index in [1.165, 1.54) is 49.8 Å². The molecule has 5 saturated carbocycles. The number of methoxy groups -OCH3 is 1. The highest BCUT2D eigenvalue weighted by Gasteiger charge is 2.67. The lowest BCUT2D eigenvalue weighted by Gasteiger charge is -2.60. The number of ether oxygens (including phenoxy) is 1. The minimum atomic E-state index is -0.448. The number of halogens is 1. The Labute approximate surface area is 161 Å². The normalized spacial score (nSPS) is 37.4. The summed E-state index contributed by atoms with van der Waals surface area (Å²) in [7, 11) is 1.68. The summed E-state index contributed by atoms with van der Waals surface area (Å²) < 4.78 is 11.3. The minimum absolute atomic E-state index is 0.0884. The van der Waals surface area contributed by atoms with Crippen LogP contribution in [0.15, 0.2) is 33.0 Å². The molecular weight excluding hydrogens is 364 g/mol. The van der Waals surface area contributed by atoms with Gasteiger partial charge in [0.25, 0.3) is 0 Å². The number of rotatable bonds is 2. The molecule has 5 aliphatic carbocycles. The molecule has 5 unspecified atom stereocenters. The predicted molar refractivity (Wildman–Crippen MR) is 103 cm³/mol. The molecule has 5 aliphatic rings. The average Bonchev–Trinajstić information content (AvgIpc) is 2.83. The number of fused-ring (bicyclic) bond motifs is 2. The Morgan fingerprint density at radius 3 is 2.81 bits per heavy atom. The number of benzene rings is 1. The highest BCUT2D eigenvalue weighted by molar-refractivity contribution is 6.35. The molecule has 2 aromatic rings. The molecule has 1 aromatic carbocycles. The van der Waals surface area contributed by atoms with Crippen LogP contribution in [-0.4, -0.2) is 12.2 Å². The lowest BCUT2D eigenvalue weighted by Crippen LogP contribution is -2.51. The minimum Gasteiger partial charge on any atom is -0.506 e. The van der Waals surface area contributed by atoms with Crippen LogP contribution < -0.4 is 5.63 Å². The molecular formula is C22H21ClO4. The molecule has 5 heteroatoms. The van der Waals surface area contributed by atoms with Gasteiger partial charge in [-0.15, -0.1) is 0 Å². The van der Waals surface area contributed by atoms with Gasteiger partial charge in [0.1, 0.15) is 17.1 Å². The summed E-state index contributed by atoms with van der Waals surface area (Å²) in [5.41, 5.74) is 2.51.